The molecule has 92 valence electrons. The third-order valence-electron chi connectivity index (χ3n) is 4.90. The number of nitrogens with one attached hydrogen (secondary N) is 1. The van der Waals surface area contributed by atoms with Crippen molar-refractivity contribution >= 4 is 16.9 Å². The number of thioether (sulfide) groups is 1. The fourth-order valence-corrected chi connectivity index (χ4v) is 3.83. The molecule has 0 aromatic heterocycles. The summed E-state index contributed by atoms with van der Waals surface area (Å²) in [6.07, 6.45) is 1.25. The van der Waals surface area contributed by atoms with Crippen LogP contribution in [0.25, 0.3) is 0 Å². The molecule has 0 bridgehead atoms. The summed E-state index contributed by atoms with van der Waals surface area (Å²) in [6.45, 7) is 12.7. The highest BCUT2D eigenvalue weighted by molar-refractivity contribution is 8.13. The summed E-state index contributed by atoms with van der Waals surface area (Å²) >= 11 is 1.88. The highest BCUT2D eigenvalue weighted by Gasteiger charge is 2.64. The monoisotopic (exact) mass is 240 g/mol. The van der Waals surface area contributed by atoms with E-state index in [1.54, 1.807) is 0 Å². The molecule has 0 aromatic carbocycles. The lowest BCUT2D eigenvalue weighted by Crippen LogP contribution is -2.35. The van der Waals surface area contributed by atoms with Gasteiger partial charge in [0.15, 0.2) is 5.17 Å². The normalized spacial score (nSPS) is 34.8. The molecule has 1 saturated carbocycles. The van der Waals surface area contributed by atoms with Gasteiger partial charge in [-0.1, -0.05) is 39.5 Å². The van der Waals surface area contributed by atoms with E-state index in [0.29, 0.717) is 16.9 Å². The average molecular weight is 240 g/mol. The molecule has 1 N–H and O–H groups in total. The topological polar surface area (TPSA) is 24.4 Å². The maximum absolute atomic E-state index is 4.76. The predicted molar refractivity (Wildman–Crippen MR) is 73.0 cm³/mol. The first kappa shape index (κ1) is 12.3. The molecule has 1 unspecified atom stereocenters. The molecule has 0 spiro atoms. The summed E-state index contributed by atoms with van der Waals surface area (Å²) < 4.78 is 0. The summed E-state index contributed by atoms with van der Waals surface area (Å²) in [5, 5.41) is 4.63. The second-order valence-electron chi connectivity index (χ2n) is 6.32. The van der Waals surface area contributed by atoms with Crippen LogP contribution in [-0.4, -0.2) is 23.5 Å². The molecule has 3 heteroatoms. The number of nitrogens with zero attached hydrogens (tertiary/aromatic N) is 1. The lowest BCUT2D eigenvalue weighted by Gasteiger charge is -2.21. The largest absolute Gasteiger partial charge is 0.362 e. The maximum Gasteiger partial charge on any atom is 0.156 e. The highest BCUT2D eigenvalue weighted by atomic mass is 32.2. The van der Waals surface area contributed by atoms with Crippen molar-refractivity contribution in [3.05, 3.63) is 0 Å². The van der Waals surface area contributed by atoms with Crippen molar-refractivity contribution in [2.75, 3.05) is 12.3 Å². The van der Waals surface area contributed by atoms with Crippen LogP contribution < -0.4 is 5.32 Å². The van der Waals surface area contributed by atoms with Crippen molar-refractivity contribution in [3.63, 3.8) is 0 Å². The van der Waals surface area contributed by atoms with Crippen LogP contribution in [0.5, 0.6) is 0 Å². The van der Waals surface area contributed by atoms with Gasteiger partial charge in [0, 0.05) is 18.3 Å². The van der Waals surface area contributed by atoms with Gasteiger partial charge in [-0.25, -0.2) is 0 Å². The molecular weight excluding hydrogens is 216 g/mol. The molecule has 2 nitrogen and oxygen atoms in total. The van der Waals surface area contributed by atoms with Crippen LogP contribution in [0, 0.1) is 16.7 Å². The lowest BCUT2D eigenvalue weighted by molar-refractivity contribution is 0.457. The average Bonchev–Trinajstić information content (AvgIpc) is 2.55. The Morgan fingerprint density at radius 1 is 1.31 bits per heavy atom. The van der Waals surface area contributed by atoms with E-state index in [9.17, 15) is 0 Å². The van der Waals surface area contributed by atoms with Crippen molar-refractivity contribution in [2.24, 2.45) is 21.7 Å². The molecule has 16 heavy (non-hydrogen) atoms. The van der Waals surface area contributed by atoms with Crippen LogP contribution in [0.15, 0.2) is 4.99 Å². The highest BCUT2D eigenvalue weighted by Crippen LogP contribution is 2.68. The van der Waals surface area contributed by atoms with Gasteiger partial charge >= 0.3 is 0 Å². The van der Waals surface area contributed by atoms with Gasteiger partial charge in [-0.3, -0.25) is 4.99 Å². The van der Waals surface area contributed by atoms with Gasteiger partial charge in [-0.05, 0) is 30.1 Å². The fraction of sp³-hybridized carbons (Fsp3) is 0.923. The number of hydrogen-bond acceptors (Lipinski definition) is 2. The minimum absolute atomic E-state index is 0.460. The molecule has 0 aromatic rings. The fourth-order valence-electron chi connectivity index (χ4n) is 2.71. The molecule has 0 radical (unpaired) electrons. The smallest absolute Gasteiger partial charge is 0.156 e. The Balaban J connectivity index is 1.91. The van der Waals surface area contributed by atoms with Gasteiger partial charge in [0.25, 0.3) is 0 Å². The van der Waals surface area contributed by atoms with E-state index >= 15 is 0 Å². The Labute approximate surface area is 104 Å². The second-order valence-corrected chi connectivity index (χ2v) is 7.41. The van der Waals surface area contributed by atoms with Crippen LogP contribution in [0.3, 0.4) is 0 Å². The first-order chi connectivity index (χ1) is 7.35. The molecule has 1 atom stereocenters. The first-order valence-electron chi connectivity index (χ1n) is 6.29. The molecule has 1 aliphatic carbocycles. The van der Waals surface area contributed by atoms with Crippen molar-refractivity contribution in [1.82, 2.24) is 5.32 Å². The van der Waals surface area contributed by atoms with Gasteiger partial charge < -0.3 is 5.32 Å². The van der Waals surface area contributed by atoms with E-state index in [0.717, 1.165) is 17.6 Å². The SMILES string of the molecule is CC1CCSC(=NCC2C(C)(C)C2(C)C)N1. The Hall–Kier alpha value is -0.180. The number of aliphatic imine (C=N–C) groups is 1. The van der Waals surface area contributed by atoms with E-state index in [4.69, 9.17) is 4.99 Å². The third kappa shape index (κ3) is 1.99. The molecule has 1 saturated heterocycles. The maximum atomic E-state index is 4.76. The molecule has 0 amide bonds. The van der Waals surface area contributed by atoms with E-state index < -0.39 is 0 Å². The van der Waals surface area contributed by atoms with Crippen LogP contribution >= 0.6 is 11.8 Å². The number of amidine groups is 1. The lowest BCUT2D eigenvalue weighted by atomic mass is 10.0. The van der Waals surface area contributed by atoms with Crippen LogP contribution in [-0.2, 0) is 0 Å². The van der Waals surface area contributed by atoms with Gasteiger partial charge in [-0.2, -0.15) is 0 Å². The minimum Gasteiger partial charge on any atom is -0.362 e. The number of hydrogen-bond donors (Lipinski definition) is 1. The molecular formula is C13H24N2S. The van der Waals surface area contributed by atoms with Gasteiger partial charge in [-0.15, -0.1) is 0 Å². The van der Waals surface area contributed by atoms with Crippen molar-refractivity contribution in [2.45, 2.75) is 47.1 Å². The van der Waals surface area contributed by atoms with Gasteiger partial charge in [0.2, 0.25) is 0 Å². The summed E-state index contributed by atoms with van der Waals surface area (Å²) in [5.74, 6) is 1.96. The van der Waals surface area contributed by atoms with E-state index in [2.05, 4.69) is 39.9 Å². The molecule has 2 aliphatic rings. The molecule has 2 rings (SSSR count). The van der Waals surface area contributed by atoms with Crippen LogP contribution in [0.2, 0.25) is 0 Å². The quantitative estimate of drug-likeness (QED) is 0.802. The van der Waals surface area contributed by atoms with Crippen molar-refractivity contribution in [1.29, 1.82) is 0 Å². The second kappa shape index (κ2) is 3.94. The van der Waals surface area contributed by atoms with E-state index in [1.165, 1.54) is 12.2 Å². The standard InChI is InChI=1S/C13H24N2S/c1-9-6-7-16-11(15-9)14-8-10-12(2,3)13(10,4)5/h9-10H,6-8H2,1-5H3,(H,14,15). The van der Waals surface area contributed by atoms with Crippen LogP contribution in [0.4, 0.5) is 0 Å². The zero-order chi connectivity index (χ0) is 12.0. The van der Waals surface area contributed by atoms with Gasteiger partial charge in [0.1, 0.15) is 0 Å². The summed E-state index contributed by atoms with van der Waals surface area (Å²) in [4.78, 5) is 4.76. The summed E-state index contributed by atoms with van der Waals surface area (Å²) in [5.41, 5.74) is 0.921. The Kier molecular flexibility index (Phi) is 3.02. The summed E-state index contributed by atoms with van der Waals surface area (Å²) in [7, 11) is 0. The van der Waals surface area contributed by atoms with Crippen LogP contribution in [0.1, 0.15) is 41.0 Å². The molecule has 2 fully saturated rings. The zero-order valence-corrected chi connectivity index (χ0v) is 11.9. The minimum atomic E-state index is 0.460. The third-order valence-corrected chi connectivity index (χ3v) is 5.86. The Morgan fingerprint density at radius 2 is 1.94 bits per heavy atom. The Morgan fingerprint density at radius 3 is 2.44 bits per heavy atom. The Bertz CT molecular complexity index is 293. The van der Waals surface area contributed by atoms with E-state index in [1.807, 2.05) is 11.8 Å². The molecule has 1 aliphatic heterocycles. The van der Waals surface area contributed by atoms with Crippen molar-refractivity contribution < 1.29 is 0 Å². The van der Waals surface area contributed by atoms with Gasteiger partial charge in [0.05, 0.1) is 0 Å². The van der Waals surface area contributed by atoms with E-state index in [-0.39, 0.29) is 0 Å². The summed E-state index contributed by atoms with van der Waals surface area (Å²) in [6, 6.07) is 0.597. The predicted octanol–water partition coefficient (Wildman–Crippen LogP) is 3.14. The zero-order valence-electron chi connectivity index (χ0n) is 11.1. The molecule has 1 heterocycles. The van der Waals surface area contributed by atoms with Crippen molar-refractivity contribution in [3.8, 4) is 0 Å². The first-order valence-corrected chi connectivity index (χ1v) is 7.28. The number of rotatable bonds is 2.